The summed E-state index contributed by atoms with van der Waals surface area (Å²) in [5.41, 5.74) is 0.00757. The second kappa shape index (κ2) is 5.06. The normalized spacial score (nSPS) is 28.8. The molecule has 0 saturated carbocycles. The molecular weight excluding hydrogens is 286 g/mol. The van der Waals surface area contributed by atoms with Gasteiger partial charge in [-0.25, -0.2) is 0 Å². The van der Waals surface area contributed by atoms with E-state index in [1.807, 2.05) is 6.92 Å². The van der Waals surface area contributed by atoms with E-state index in [0.717, 1.165) is 31.4 Å². The van der Waals surface area contributed by atoms with Crippen molar-refractivity contribution in [2.24, 2.45) is 11.3 Å². The third-order valence-electron chi connectivity index (χ3n) is 3.80. The highest BCUT2D eigenvalue weighted by molar-refractivity contribution is 9.09. The number of rotatable bonds is 3. The van der Waals surface area contributed by atoms with Gasteiger partial charge in [-0.15, -0.1) is 0 Å². The van der Waals surface area contributed by atoms with E-state index in [1.54, 1.807) is 0 Å². The smallest absolute Gasteiger partial charge is 0.232 e. The van der Waals surface area contributed by atoms with E-state index < -0.39 is 0 Å². The van der Waals surface area contributed by atoms with E-state index in [2.05, 4.69) is 15.9 Å². The van der Waals surface area contributed by atoms with Crippen LogP contribution < -0.4 is 0 Å². The van der Waals surface area contributed by atoms with Gasteiger partial charge in [0, 0.05) is 42.8 Å². The van der Waals surface area contributed by atoms with Gasteiger partial charge < -0.3 is 4.74 Å². The number of likely N-dealkylation sites (tertiary alicyclic amines) is 1. The predicted octanol–water partition coefficient (Wildman–Crippen LogP) is 1.57. The maximum Gasteiger partial charge on any atom is 0.232 e. The molecule has 2 rings (SSSR count). The number of halogens is 1. The van der Waals surface area contributed by atoms with Gasteiger partial charge in [-0.2, -0.15) is 0 Å². The first-order valence-electron chi connectivity index (χ1n) is 6.06. The molecule has 0 spiro atoms. The molecule has 17 heavy (non-hydrogen) atoms. The molecule has 1 atom stereocenters. The number of carbonyl (C=O) groups excluding carboxylic acids is 2. The van der Waals surface area contributed by atoms with Crippen LogP contribution in [0.3, 0.4) is 0 Å². The SMILES string of the molecule is CC1CC(=O)N(CC2(CBr)CCOCC2)C1=O. The minimum atomic E-state index is -0.144. The minimum Gasteiger partial charge on any atom is -0.381 e. The second-order valence-corrected chi connectivity index (χ2v) is 5.73. The van der Waals surface area contributed by atoms with Gasteiger partial charge in [-0.3, -0.25) is 14.5 Å². The van der Waals surface area contributed by atoms with E-state index in [0.29, 0.717) is 13.0 Å². The Bertz CT molecular complexity index is 326. The van der Waals surface area contributed by atoms with Crippen molar-refractivity contribution in [1.82, 2.24) is 4.90 Å². The minimum absolute atomic E-state index is 0.00757. The van der Waals surface area contributed by atoms with Crippen LogP contribution in [0, 0.1) is 11.3 Å². The Balaban J connectivity index is 2.08. The summed E-state index contributed by atoms with van der Waals surface area (Å²) in [6.07, 6.45) is 2.18. The lowest BCUT2D eigenvalue weighted by Gasteiger charge is -2.38. The molecule has 2 amide bonds. The molecule has 2 saturated heterocycles. The summed E-state index contributed by atoms with van der Waals surface area (Å²) in [5, 5.41) is 0.814. The number of hydrogen-bond donors (Lipinski definition) is 0. The number of alkyl halides is 1. The lowest BCUT2D eigenvalue weighted by atomic mass is 9.82. The molecule has 0 aromatic rings. The molecule has 4 nitrogen and oxygen atoms in total. The van der Waals surface area contributed by atoms with Crippen molar-refractivity contribution in [1.29, 1.82) is 0 Å². The van der Waals surface area contributed by atoms with Gasteiger partial charge in [0.1, 0.15) is 0 Å². The largest absolute Gasteiger partial charge is 0.381 e. The Labute approximate surface area is 110 Å². The van der Waals surface area contributed by atoms with Gasteiger partial charge in [0.15, 0.2) is 0 Å². The van der Waals surface area contributed by atoms with Crippen LogP contribution in [0.5, 0.6) is 0 Å². The summed E-state index contributed by atoms with van der Waals surface area (Å²) >= 11 is 3.53. The van der Waals surface area contributed by atoms with Crippen molar-refractivity contribution in [2.45, 2.75) is 26.2 Å². The third kappa shape index (κ3) is 2.55. The Morgan fingerprint density at radius 1 is 1.41 bits per heavy atom. The molecule has 0 N–H and O–H groups in total. The van der Waals surface area contributed by atoms with Crippen LogP contribution in [0.25, 0.3) is 0 Å². The topological polar surface area (TPSA) is 46.6 Å². The van der Waals surface area contributed by atoms with E-state index in [1.165, 1.54) is 4.90 Å². The zero-order valence-electron chi connectivity index (χ0n) is 10.1. The van der Waals surface area contributed by atoms with Gasteiger partial charge in [0.05, 0.1) is 0 Å². The summed E-state index contributed by atoms with van der Waals surface area (Å²) < 4.78 is 5.36. The fraction of sp³-hybridized carbons (Fsp3) is 0.833. The summed E-state index contributed by atoms with van der Waals surface area (Å²) in [6, 6.07) is 0. The summed E-state index contributed by atoms with van der Waals surface area (Å²) in [7, 11) is 0. The number of ether oxygens (including phenoxy) is 1. The zero-order chi connectivity index (χ0) is 12.5. The molecule has 5 heteroatoms. The average molecular weight is 304 g/mol. The third-order valence-corrected chi connectivity index (χ3v) is 4.99. The highest BCUT2D eigenvalue weighted by atomic mass is 79.9. The zero-order valence-corrected chi connectivity index (χ0v) is 11.7. The Morgan fingerprint density at radius 2 is 2.06 bits per heavy atom. The molecule has 0 bridgehead atoms. The molecule has 0 radical (unpaired) electrons. The fourth-order valence-corrected chi connectivity index (χ4v) is 3.23. The van der Waals surface area contributed by atoms with Gasteiger partial charge in [0.25, 0.3) is 0 Å². The Hall–Kier alpha value is -0.420. The molecule has 0 aromatic heterocycles. The number of amides is 2. The standard InChI is InChI=1S/C12H18BrNO3/c1-9-6-10(15)14(11(9)16)8-12(7-13)2-4-17-5-3-12/h9H,2-8H2,1H3. The van der Waals surface area contributed by atoms with Gasteiger partial charge in [0.2, 0.25) is 11.8 Å². The number of nitrogens with zero attached hydrogens (tertiary/aromatic N) is 1. The maximum absolute atomic E-state index is 11.9. The average Bonchev–Trinajstić information content (AvgIpc) is 2.57. The fourth-order valence-electron chi connectivity index (χ4n) is 2.49. The first-order valence-corrected chi connectivity index (χ1v) is 7.18. The van der Waals surface area contributed by atoms with Crippen LogP contribution in [0.15, 0.2) is 0 Å². The van der Waals surface area contributed by atoms with Gasteiger partial charge >= 0.3 is 0 Å². The van der Waals surface area contributed by atoms with Crippen LogP contribution in [-0.2, 0) is 14.3 Å². The monoisotopic (exact) mass is 303 g/mol. The Morgan fingerprint density at radius 3 is 2.53 bits per heavy atom. The van der Waals surface area contributed by atoms with Crippen molar-refractivity contribution in [2.75, 3.05) is 25.1 Å². The van der Waals surface area contributed by atoms with Gasteiger partial charge in [-0.05, 0) is 12.8 Å². The molecular formula is C12H18BrNO3. The van der Waals surface area contributed by atoms with E-state index >= 15 is 0 Å². The Kier molecular flexibility index (Phi) is 3.88. The van der Waals surface area contributed by atoms with Gasteiger partial charge in [-0.1, -0.05) is 22.9 Å². The van der Waals surface area contributed by atoms with E-state index in [-0.39, 0.29) is 23.1 Å². The lowest BCUT2D eigenvalue weighted by Crippen LogP contribution is -2.45. The molecule has 1 unspecified atom stereocenters. The first kappa shape index (κ1) is 13.0. The maximum atomic E-state index is 11.9. The van der Waals surface area contributed by atoms with Crippen LogP contribution in [0.1, 0.15) is 26.2 Å². The summed E-state index contributed by atoms with van der Waals surface area (Å²) in [6.45, 7) is 3.81. The van der Waals surface area contributed by atoms with Crippen LogP contribution in [0.4, 0.5) is 0 Å². The molecule has 2 aliphatic rings. The molecule has 2 heterocycles. The van der Waals surface area contributed by atoms with Crippen LogP contribution in [-0.4, -0.2) is 41.8 Å². The van der Waals surface area contributed by atoms with Crippen molar-refractivity contribution in [3.8, 4) is 0 Å². The summed E-state index contributed by atoms with van der Waals surface area (Å²) in [5.74, 6) is -0.175. The molecule has 0 aliphatic carbocycles. The summed E-state index contributed by atoms with van der Waals surface area (Å²) in [4.78, 5) is 25.1. The van der Waals surface area contributed by atoms with Crippen molar-refractivity contribution in [3.63, 3.8) is 0 Å². The molecule has 0 aromatic carbocycles. The van der Waals surface area contributed by atoms with E-state index in [9.17, 15) is 9.59 Å². The molecule has 2 aliphatic heterocycles. The van der Waals surface area contributed by atoms with Crippen LogP contribution >= 0.6 is 15.9 Å². The number of hydrogen-bond acceptors (Lipinski definition) is 3. The van der Waals surface area contributed by atoms with E-state index in [4.69, 9.17) is 4.74 Å². The second-order valence-electron chi connectivity index (χ2n) is 5.17. The number of carbonyl (C=O) groups is 2. The first-order chi connectivity index (χ1) is 8.08. The van der Waals surface area contributed by atoms with Crippen molar-refractivity contribution in [3.05, 3.63) is 0 Å². The highest BCUT2D eigenvalue weighted by Gasteiger charge is 2.42. The quantitative estimate of drug-likeness (QED) is 0.587. The van der Waals surface area contributed by atoms with Crippen molar-refractivity contribution >= 4 is 27.7 Å². The van der Waals surface area contributed by atoms with Crippen LogP contribution in [0.2, 0.25) is 0 Å². The van der Waals surface area contributed by atoms with Crippen molar-refractivity contribution < 1.29 is 14.3 Å². The predicted molar refractivity (Wildman–Crippen MR) is 66.8 cm³/mol. The molecule has 2 fully saturated rings. The lowest BCUT2D eigenvalue weighted by molar-refractivity contribution is -0.142. The highest BCUT2D eigenvalue weighted by Crippen LogP contribution is 2.35. The number of imide groups is 1. The molecule has 96 valence electrons.